The highest BCUT2D eigenvalue weighted by Crippen LogP contribution is 2.20. The highest BCUT2D eigenvalue weighted by molar-refractivity contribution is 5.84. The fourth-order valence-electron chi connectivity index (χ4n) is 3.52. The maximum absolute atomic E-state index is 12.5. The van der Waals surface area contributed by atoms with Crippen LogP contribution in [0.2, 0.25) is 0 Å². The van der Waals surface area contributed by atoms with Gasteiger partial charge in [0.15, 0.2) is 0 Å². The van der Waals surface area contributed by atoms with Gasteiger partial charge in [0, 0.05) is 19.5 Å². The second-order valence-corrected chi connectivity index (χ2v) is 6.26. The van der Waals surface area contributed by atoms with Crippen LogP contribution in [0.15, 0.2) is 0 Å². The molecule has 2 fully saturated rings. The molecule has 3 atom stereocenters. The Balaban J connectivity index is 1.88. The third kappa shape index (κ3) is 4.01. The van der Waals surface area contributed by atoms with E-state index in [1.165, 1.54) is 0 Å². The number of likely N-dealkylation sites (N-methyl/N-ethyl adjacent to an activating group) is 1. The highest BCUT2D eigenvalue weighted by atomic mass is 16.3. The SMILES string of the molecule is CNC(CCC(=O)N1CCCC1CO)C(=O)N1CCCC1C#N. The van der Waals surface area contributed by atoms with E-state index < -0.39 is 6.04 Å². The van der Waals surface area contributed by atoms with Crippen molar-refractivity contribution < 1.29 is 14.7 Å². The van der Waals surface area contributed by atoms with E-state index in [9.17, 15) is 14.7 Å². The number of likely N-dealkylation sites (tertiary alicyclic amines) is 2. The van der Waals surface area contributed by atoms with Crippen molar-refractivity contribution in [3.63, 3.8) is 0 Å². The molecule has 128 valence electrons. The van der Waals surface area contributed by atoms with Crippen LogP contribution in [0.4, 0.5) is 0 Å². The molecule has 0 saturated carbocycles. The summed E-state index contributed by atoms with van der Waals surface area (Å²) in [7, 11) is 1.71. The van der Waals surface area contributed by atoms with Crippen LogP contribution in [-0.2, 0) is 9.59 Å². The summed E-state index contributed by atoms with van der Waals surface area (Å²) in [5, 5.41) is 21.4. The van der Waals surface area contributed by atoms with Crippen molar-refractivity contribution in [3.05, 3.63) is 0 Å². The number of nitrogens with one attached hydrogen (secondary N) is 1. The molecular formula is C16H26N4O3. The number of hydrogen-bond acceptors (Lipinski definition) is 5. The number of rotatable bonds is 6. The molecule has 2 aliphatic heterocycles. The Morgan fingerprint density at radius 2 is 2.00 bits per heavy atom. The lowest BCUT2D eigenvalue weighted by atomic mass is 10.1. The number of carbonyl (C=O) groups is 2. The first-order valence-electron chi connectivity index (χ1n) is 8.40. The van der Waals surface area contributed by atoms with Gasteiger partial charge < -0.3 is 20.2 Å². The van der Waals surface area contributed by atoms with E-state index in [1.807, 2.05) is 0 Å². The quantitative estimate of drug-likeness (QED) is 0.709. The van der Waals surface area contributed by atoms with Gasteiger partial charge >= 0.3 is 0 Å². The Hall–Kier alpha value is -1.65. The zero-order chi connectivity index (χ0) is 16.8. The molecule has 0 aliphatic carbocycles. The van der Waals surface area contributed by atoms with Crippen LogP contribution in [-0.4, -0.2) is 71.6 Å². The molecule has 2 saturated heterocycles. The Morgan fingerprint density at radius 3 is 2.65 bits per heavy atom. The summed E-state index contributed by atoms with van der Waals surface area (Å²) in [6, 6.07) is 1.31. The molecule has 3 unspecified atom stereocenters. The lowest BCUT2D eigenvalue weighted by Crippen LogP contribution is -2.47. The van der Waals surface area contributed by atoms with Gasteiger partial charge in [-0.25, -0.2) is 0 Å². The molecular weight excluding hydrogens is 296 g/mol. The van der Waals surface area contributed by atoms with Crippen LogP contribution in [0.5, 0.6) is 0 Å². The van der Waals surface area contributed by atoms with Crippen molar-refractivity contribution in [2.45, 2.75) is 56.7 Å². The standard InChI is InChI=1S/C16H26N4O3/c1-18-14(16(23)20-9-2-4-12(20)10-17)6-7-15(22)19-8-3-5-13(19)11-21/h12-14,18,21H,2-9,11H2,1H3. The Labute approximate surface area is 137 Å². The molecule has 2 aliphatic rings. The molecule has 0 bridgehead atoms. The Kier molecular flexibility index (Phi) is 6.37. The van der Waals surface area contributed by atoms with Crippen molar-refractivity contribution >= 4 is 11.8 Å². The van der Waals surface area contributed by atoms with Crippen LogP contribution in [0.1, 0.15) is 38.5 Å². The molecule has 7 nitrogen and oxygen atoms in total. The van der Waals surface area contributed by atoms with Gasteiger partial charge in [0.25, 0.3) is 0 Å². The average molecular weight is 322 g/mol. The van der Waals surface area contributed by atoms with Crippen molar-refractivity contribution in [1.82, 2.24) is 15.1 Å². The van der Waals surface area contributed by atoms with Crippen LogP contribution in [0, 0.1) is 11.3 Å². The molecule has 0 aromatic rings. The van der Waals surface area contributed by atoms with Gasteiger partial charge in [-0.05, 0) is 39.2 Å². The summed E-state index contributed by atoms with van der Waals surface area (Å²) >= 11 is 0. The molecule has 2 N–H and O–H groups in total. The van der Waals surface area contributed by atoms with E-state index in [2.05, 4.69) is 11.4 Å². The molecule has 0 radical (unpaired) electrons. The normalized spacial score (nSPS) is 25.4. The first-order valence-corrected chi connectivity index (χ1v) is 8.40. The van der Waals surface area contributed by atoms with Crippen LogP contribution in [0.25, 0.3) is 0 Å². The summed E-state index contributed by atoms with van der Waals surface area (Å²) in [6.45, 7) is 1.30. The van der Waals surface area contributed by atoms with Crippen molar-refractivity contribution in [3.8, 4) is 6.07 Å². The zero-order valence-corrected chi connectivity index (χ0v) is 13.7. The summed E-state index contributed by atoms with van der Waals surface area (Å²) in [6.07, 6.45) is 4.03. The van der Waals surface area contributed by atoms with Crippen LogP contribution in [0.3, 0.4) is 0 Å². The fraction of sp³-hybridized carbons (Fsp3) is 0.812. The van der Waals surface area contributed by atoms with Crippen molar-refractivity contribution in [2.24, 2.45) is 0 Å². The molecule has 2 rings (SSSR count). The topological polar surface area (TPSA) is 96.7 Å². The highest BCUT2D eigenvalue weighted by Gasteiger charge is 2.33. The smallest absolute Gasteiger partial charge is 0.240 e. The summed E-state index contributed by atoms with van der Waals surface area (Å²) in [5.41, 5.74) is 0. The largest absolute Gasteiger partial charge is 0.394 e. The molecule has 2 heterocycles. The van der Waals surface area contributed by atoms with Gasteiger partial charge in [0.2, 0.25) is 11.8 Å². The minimum absolute atomic E-state index is 0.00223. The van der Waals surface area contributed by atoms with E-state index in [4.69, 9.17) is 5.26 Å². The molecule has 2 amide bonds. The maximum atomic E-state index is 12.5. The molecule has 0 spiro atoms. The minimum Gasteiger partial charge on any atom is -0.394 e. The fourth-order valence-corrected chi connectivity index (χ4v) is 3.52. The average Bonchev–Trinajstić information content (AvgIpc) is 3.23. The predicted octanol–water partition coefficient (Wildman–Crippen LogP) is -0.148. The zero-order valence-electron chi connectivity index (χ0n) is 13.7. The number of hydrogen-bond donors (Lipinski definition) is 2. The van der Waals surface area contributed by atoms with Gasteiger partial charge in [0.1, 0.15) is 6.04 Å². The molecule has 0 aromatic heterocycles. The number of nitrogens with zero attached hydrogens (tertiary/aromatic N) is 3. The number of aliphatic hydroxyl groups is 1. The van der Waals surface area contributed by atoms with E-state index >= 15 is 0 Å². The number of nitriles is 1. The lowest BCUT2D eigenvalue weighted by molar-refractivity contribution is -0.135. The summed E-state index contributed by atoms with van der Waals surface area (Å²) in [5.74, 6) is -0.0997. The van der Waals surface area contributed by atoms with E-state index in [-0.39, 0.29) is 36.9 Å². The summed E-state index contributed by atoms with van der Waals surface area (Å²) < 4.78 is 0. The monoisotopic (exact) mass is 322 g/mol. The Bertz CT molecular complexity index is 476. The van der Waals surface area contributed by atoms with Gasteiger partial charge in [-0.1, -0.05) is 0 Å². The van der Waals surface area contributed by atoms with Crippen molar-refractivity contribution in [2.75, 3.05) is 26.7 Å². The second-order valence-electron chi connectivity index (χ2n) is 6.26. The summed E-state index contributed by atoms with van der Waals surface area (Å²) in [4.78, 5) is 28.2. The third-order valence-electron chi connectivity index (χ3n) is 4.89. The molecule has 7 heteroatoms. The van der Waals surface area contributed by atoms with Gasteiger partial charge in [-0.3, -0.25) is 9.59 Å². The minimum atomic E-state index is -0.442. The maximum Gasteiger partial charge on any atom is 0.240 e. The number of aliphatic hydroxyl groups excluding tert-OH is 1. The van der Waals surface area contributed by atoms with Gasteiger partial charge in [0.05, 0.1) is 24.8 Å². The first-order chi connectivity index (χ1) is 11.1. The Morgan fingerprint density at radius 1 is 1.30 bits per heavy atom. The molecule has 0 aromatic carbocycles. The third-order valence-corrected chi connectivity index (χ3v) is 4.89. The van der Waals surface area contributed by atoms with Crippen molar-refractivity contribution in [1.29, 1.82) is 5.26 Å². The van der Waals surface area contributed by atoms with Gasteiger partial charge in [-0.2, -0.15) is 5.26 Å². The predicted molar refractivity (Wildman–Crippen MR) is 84.3 cm³/mol. The lowest BCUT2D eigenvalue weighted by Gasteiger charge is -2.27. The molecule has 23 heavy (non-hydrogen) atoms. The number of amides is 2. The first kappa shape index (κ1) is 17.7. The van der Waals surface area contributed by atoms with E-state index in [0.29, 0.717) is 19.5 Å². The number of carbonyl (C=O) groups excluding carboxylic acids is 2. The van der Waals surface area contributed by atoms with E-state index in [1.54, 1.807) is 16.8 Å². The van der Waals surface area contributed by atoms with Crippen LogP contribution >= 0.6 is 0 Å². The van der Waals surface area contributed by atoms with E-state index in [0.717, 1.165) is 25.7 Å². The second kappa shape index (κ2) is 8.27. The van der Waals surface area contributed by atoms with Gasteiger partial charge in [-0.15, -0.1) is 0 Å². The van der Waals surface area contributed by atoms with Crippen LogP contribution < -0.4 is 5.32 Å².